The molecular formula is C15H26N2O. The molecule has 0 aromatic carbocycles. The summed E-state index contributed by atoms with van der Waals surface area (Å²) in [6.07, 6.45) is 10.4. The summed E-state index contributed by atoms with van der Waals surface area (Å²) in [5, 5.41) is 3.04. The van der Waals surface area contributed by atoms with Crippen LogP contribution in [0.3, 0.4) is 0 Å². The third kappa shape index (κ3) is 4.70. The summed E-state index contributed by atoms with van der Waals surface area (Å²) in [5.41, 5.74) is 0. The van der Waals surface area contributed by atoms with Gasteiger partial charge in [0.2, 0.25) is 5.91 Å². The first-order valence-corrected chi connectivity index (χ1v) is 7.14. The van der Waals surface area contributed by atoms with Crippen LogP contribution in [-0.4, -0.2) is 36.5 Å². The van der Waals surface area contributed by atoms with Crippen molar-refractivity contribution in [1.29, 1.82) is 0 Å². The van der Waals surface area contributed by atoms with Gasteiger partial charge in [-0.05, 0) is 26.2 Å². The highest BCUT2D eigenvalue weighted by molar-refractivity contribution is 5.78. The van der Waals surface area contributed by atoms with Crippen molar-refractivity contribution in [1.82, 2.24) is 10.2 Å². The fourth-order valence-corrected chi connectivity index (χ4v) is 2.45. The maximum atomic E-state index is 12.0. The van der Waals surface area contributed by atoms with E-state index in [1.54, 1.807) is 0 Å². The lowest BCUT2D eigenvalue weighted by Crippen LogP contribution is -2.47. The largest absolute Gasteiger partial charge is 0.356 e. The van der Waals surface area contributed by atoms with E-state index in [0.717, 1.165) is 51.7 Å². The van der Waals surface area contributed by atoms with Crippen LogP contribution in [0.25, 0.3) is 0 Å². The van der Waals surface area contributed by atoms with Gasteiger partial charge in [-0.3, -0.25) is 9.69 Å². The molecule has 0 radical (unpaired) electrons. The number of likely N-dealkylation sites (tertiary alicyclic amines) is 1. The van der Waals surface area contributed by atoms with Crippen molar-refractivity contribution >= 4 is 5.91 Å². The second-order valence-corrected chi connectivity index (χ2v) is 5.22. The van der Waals surface area contributed by atoms with Crippen LogP contribution < -0.4 is 5.32 Å². The molecule has 1 saturated heterocycles. The maximum absolute atomic E-state index is 12.0. The van der Waals surface area contributed by atoms with Crippen LogP contribution in [0.1, 0.15) is 46.0 Å². The van der Waals surface area contributed by atoms with Crippen LogP contribution in [0.15, 0.2) is 0 Å². The molecule has 0 unspecified atom stereocenters. The second-order valence-electron chi connectivity index (χ2n) is 5.22. The van der Waals surface area contributed by atoms with Gasteiger partial charge in [-0.1, -0.05) is 13.3 Å². The first-order chi connectivity index (χ1) is 8.69. The van der Waals surface area contributed by atoms with Gasteiger partial charge in [0.1, 0.15) is 0 Å². The molecule has 0 aromatic heterocycles. The highest BCUT2D eigenvalue weighted by Crippen LogP contribution is 2.22. The molecule has 2 atom stereocenters. The first-order valence-electron chi connectivity index (χ1n) is 7.14. The number of nitrogens with one attached hydrogen (secondary N) is 1. The average molecular weight is 250 g/mol. The second kappa shape index (κ2) is 8.16. The van der Waals surface area contributed by atoms with E-state index >= 15 is 0 Å². The Morgan fingerprint density at radius 3 is 2.94 bits per heavy atom. The highest BCUT2D eigenvalue weighted by atomic mass is 16.1. The monoisotopic (exact) mass is 250 g/mol. The van der Waals surface area contributed by atoms with Gasteiger partial charge < -0.3 is 5.32 Å². The van der Waals surface area contributed by atoms with E-state index in [4.69, 9.17) is 6.42 Å². The highest BCUT2D eigenvalue weighted by Gasteiger charge is 2.29. The van der Waals surface area contributed by atoms with Gasteiger partial charge in [0.05, 0.1) is 5.92 Å². The van der Waals surface area contributed by atoms with Crippen LogP contribution in [0.2, 0.25) is 0 Å². The minimum atomic E-state index is 0.149. The quantitative estimate of drug-likeness (QED) is 0.578. The lowest BCUT2D eigenvalue weighted by atomic mass is 9.92. The predicted octanol–water partition coefficient (Wildman–Crippen LogP) is 2.03. The number of unbranched alkanes of at least 4 members (excludes halogenated alkanes) is 1. The molecule has 3 heteroatoms. The van der Waals surface area contributed by atoms with E-state index in [9.17, 15) is 4.79 Å². The van der Waals surface area contributed by atoms with E-state index < -0.39 is 0 Å². The SMILES string of the molecule is C#CCCN1C[C@H](C(=O)NCCCC)CC[C@H]1C. The number of nitrogens with zero attached hydrogens (tertiary/aromatic N) is 1. The molecule has 1 heterocycles. The van der Waals surface area contributed by atoms with Gasteiger partial charge in [-0.15, -0.1) is 12.3 Å². The molecule has 0 saturated carbocycles. The van der Waals surface area contributed by atoms with Crippen LogP contribution in [0.5, 0.6) is 0 Å². The van der Waals surface area contributed by atoms with Crippen LogP contribution in [-0.2, 0) is 4.79 Å². The molecule has 1 fully saturated rings. The Hall–Kier alpha value is -1.01. The Morgan fingerprint density at radius 1 is 1.50 bits per heavy atom. The lowest BCUT2D eigenvalue weighted by Gasteiger charge is -2.37. The Morgan fingerprint density at radius 2 is 2.28 bits per heavy atom. The van der Waals surface area contributed by atoms with Crippen LogP contribution >= 0.6 is 0 Å². The van der Waals surface area contributed by atoms with Crippen molar-refractivity contribution in [3.63, 3.8) is 0 Å². The van der Waals surface area contributed by atoms with Gasteiger partial charge >= 0.3 is 0 Å². The number of carbonyl (C=O) groups is 1. The topological polar surface area (TPSA) is 32.3 Å². The summed E-state index contributed by atoms with van der Waals surface area (Å²) >= 11 is 0. The minimum absolute atomic E-state index is 0.149. The Kier molecular flexibility index (Phi) is 6.82. The molecule has 0 bridgehead atoms. The zero-order valence-electron chi connectivity index (χ0n) is 11.7. The Labute approximate surface area is 111 Å². The number of piperidine rings is 1. The molecule has 1 amide bonds. The number of amides is 1. The summed E-state index contributed by atoms with van der Waals surface area (Å²) in [7, 11) is 0. The van der Waals surface area contributed by atoms with Crippen molar-refractivity contribution in [3.8, 4) is 12.3 Å². The van der Waals surface area contributed by atoms with Crippen molar-refractivity contribution in [2.75, 3.05) is 19.6 Å². The molecule has 1 aliphatic heterocycles. The molecule has 18 heavy (non-hydrogen) atoms. The van der Waals surface area contributed by atoms with Gasteiger partial charge in [-0.25, -0.2) is 0 Å². The van der Waals surface area contributed by atoms with E-state index in [1.807, 2.05) is 0 Å². The van der Waals surface area contributed by atoms with E-state index in [0.29, 0.717) is 6.04 Å². The lowest BCUT2D eigenvalue weighted by molar-refractivity contribution is -0.127. The summed E-state index contributed by atoms with van der Waals surface area (Å²) < 4.78 is 0. The predicted molar refractivity (Wildman–Crippen MR) is 75.1 cm³/mol. The summed E-state index contributed by atoms with van der Waals surface area (Å²) in [6, 6.07) is 0.554. The molecule has 0 aromatic rings. The van der Waals surface area contributed by atoms with E-state index in [1.165, 1.54) is 0 Å². The average Bonchev–Trinajstić information content (AvgIpc) is 2.38. The number of rotatable bonds is 6. The smallest absolute Gasteiger partial charge is 0.224 e. The first kappa shape index (κ1) is 15.0. The number of hydrogen-bond donors (Lipinski definition) is 1. The standard InChI is InChI=1S/C15H26N2O/c1-4-6-10-16-15(18)14-9-8-13(3)17(12-14)11-7-5-2/h2,13-14H,4,6-12H2,1,3H3,(H,16,18)/t13-,14-/m1/s1. The fraction of sp³-hybridized carbons (Fsp3) is 0.800. The van der Waals surface area contributed by atoms with Crippen molar-refractivity contribution < 1.29 is 4.79 Å². The molecule has 3 nitrogen and oxygen atoms in total. The van der Waals surface area contributed by atoms with E-state index in [2.05, 4.69) is 30.0 Å². The molecule has 0 spiro atoms. The van der Waals surface area contributed by atoms with Crippen LogP contribution in [0.4, 0.5) is 0 Å². The molecule has 1 aliphatic rings. The zero-order chi connectivity index (χ0) is 13.4. The van der Waals surface area contributed by atoms with Gasteiger partial charge in [0, 0.05) is 32.1 Å². The summed E-state index contributed by atoms with van der Waals surface area (Å²) in [5.74, 6) is 3.05. The Balaban J connectivity index is 2.38. The molecular weight excluding hydrogens is 224 g/mol. The zero-order valence-corrected chi connectivity index (χ0v) is 11.7. The number of carbonyl (C=O) groups excluding carboxylic acids is 1. The van der Waals surface area contributed by atoms with Gasteiger partial charge in [-0.2, -0.15) is 0 Å². The van der Waals surface area contributed by atoms with Crippen LogP contribution in [0, 0.1) is 18.3 Å². The number of terminal acetylenes is 1. The van der Waals surface area contributed by atoms with Crippen molar-refractivity contribution in [3.05, 3.63) is 0 Å². The third-order valence-electron chi connectivity index (χ3n) is 3.75. The summed E-state index contributed by atoms with van der Waals surface area (Å²) in [6.45, 7) is 6.95. The summed E-state index contributed by atoms with van der Waals surface area (Å²) in [4.78, 5) is 14.4. The maximum Gasteiger partial charge on any atom is 0.224 e. The molecule has 1 rings (SSSR count). The van der Waals surface area contributed by atoms with E-state index in [-0.39, 0.29) is 11.8 Å². The molecule has 102 valence electrons. The van der Waals surface area contributed by atoms with Gasteiger partial charge in [0.25, 0.3) is 0 Å². The normalized spacial score (nSPS) is 24.5. The van der Waals surface area contributed by atoms with Crippen molar-refractivity contribution in [2.24, 2.45) is 5.92 Å². The minimum Gasteiger partial charge on any atom is -0.356 e. The van der Waals surface area contributed by atoms with Crippen molar-refractivity contribution in [2.45, 2.75) is 52.0 Å². The third-order valence-corrected chi connectivity index (χ3v) is 3.75. The Bertz CT molecular complexity index is 295. The fourth-order valence-electron chi connectivity index (χ4n) is 2.45. The molecule has 0 aliphatic carbocycles. The van der Waals surface area contributed by atoms with Gasteiger partial charge in [0.15, 0.2) is 0 Å². The molecule has 1 N–H and O–H groups in total. The number of hydrogen-bond acceptors (Lipinski definition) is 2.